The number of carbonyl (C=O) groups excluding carboxylic acids is 3. The Bertz CT molecular complexity index is 819. The molecule has 0 unspecified atom stereocenters. The molecular weight excluding hydrogens is 329 g/mol. The Hall–Kier alpha value is -3.55. The molecule has 25 heavy (non-hydrogen) atoms. The first-order valence-corrected chi connectivity index (χ1v) is 7.13. The van der Waals surface area contributed by atoms with Gasteiger partial charge in [0.1, 0.15) is 5.82 Å². The third-order valence-electron chi connectivity index (χ3n) is 3.05. The number of halogens is 1. The molecule has 0 aliphatic carbocycles. The first kappa shape index (κ1) is 17.8. The molecule has 0 atom stereocenters. The molecule has 0 saturated carbocycles. The van der Waals surface area contributed by atoms with Crippen molar-refractivity contribution in [3.05, 3.63) is 71.0 Å². The Labute approximate surface area is 142 Å². The number of hydrogen-bond acceptors (Lipinski definition) is 5. The Morgan fingerprint density at radius 2 is 1.80 bits per heavy atom. The Morgan fingerprint density at radius 1 is 1.08 bits per heavy atom. The van der Waals surface area contributed by atoms with Crippen LogP contribution in [0.1, 0.15) is 26.3 Å². The van der Waals surface area contributed by atoms with Crippen molar-refractivity contribution in [2.75, 3.05) is 6.54 Å². The summed E-state index contributed by atoms with van der Waals surface area (Å²) in [4.78, 5) is 33.9. The molecule has 8 heteroatoms. The molecule has 0 aliphatic heterocycles. The lowest BCUT2D eigenvalue weighted by Gasteiger charge is -2.04. The molecule has 7 nitrogen and oxygen atoms in total. The predicted octanol–water partition coefficient (Wildman–Crippen LogP) is 0.0693. The van der Waals surface area contributed by atoms with Gasteiger partial charge in [-0.15, -0.1) is 0 Å². The third kappa shape index (κ3) is 5.54. The highest BCUT2D eigenvalue weighted by molar-refractivity contribution is 5.96. The number of rotatable bonds is 6. The average molecular weight is 342 g/mol. The van der Waals surface area contributed by atoms with Crippen LogP contribution in [0.2, 0.25) is 0 Å². The molecule has 0 aliphatic rings. The van der Waals surface area contributed by atoms with Crippen molar-refractivity contribution in [1.82, 2.24) is 10.7 Å². The van der Waals surface area contributed by atoms with Crippen LogP contribution < -0.4 is 15.8 Å². The number of hydrogen-bond donors (Lipinski definition) is 2. The molecule has 2 rings (SSSR count). The zero-order valence-electron chi connectivity index (χ0n) is 12.9. The lowest BCUT2D eigenvalue weighted by atomic mass is 10.1. The third-order valence-corrected chi connectivity index (χ3v) is 3.05. The van der Waals surface area contributed by atoms with E-state index in [1.807, 2.05) is 0 Å². The maximum atomic E-state index is 13.0. The van der Waals surface area contributed by atoms with E-state index in [0.717, 1.165) is 6.07 Å². The molecule has 0 aromatic heterocycles. The normalized spacial score (nSPS) is 10.4. The molecule has 2 amide bonds. The summed E-state index contributed by atoms with van der Waals surface area (Å²) in [6, 6.07) is 10.7. The molecular formula is C17H13FN3O4-. The molecule has 0 fully saturated rings. The Kier molecular flexibility index (Phi) is 5.94. The van der Waals surface area contributed by atoms with Gasteiger partial charge in [0.15, 0.2) is 0 Å². The second-order valence-corrected chi connectivity index (χ2v) is 4.90. The van der Waals surface area contributed by atoms with Crippen LogP contribution in [-0.4, -0.2) is 30.5 Å². The number of carboxylic acids is 1. The number of benzene rings is 2. The van der Waals surface area contributed by atoms with Crippen LogP contribution in [0, 0.1) is 5.82 Å². The maximum absolute atomic E-state index is 13.0. The van der Waals surface area contributed by atoms with E-state index >= 15 is 0 Å². The van der Waals surface area contributed by atoms with Crippen LogP contribution >= 0.6 is 0 Å². The van der Waals surface area contributed by atoms with E-state index in [-0.39, 0.29) is 17.7 Å². The summed E-state index contributed by atoms with van der Waals surface area (Å²) in [6.45, 7) is -0.337. The smallest absolute Gasteiger partial charge is 0.259 e. The first-order valence-electron chi connectivity index (χ1n) is 7.13. The van der Waals surface area contributed by atoms with Crippen molar-refractivity contribution in [3.63, 3.8) is 0 Å². The van der Waals surface area contributed by atoms with Gasteiger partial charge in [0.05, 0.1) is 18.7 Å². The van der Waals surface area contributed by atoms with Gasteiger partial charge < -0.3 is 15.2 Å². The molecule has 0 bridgehead atoms. The average Bonchev–Trinajstić information content (AvgIpc) is 2.60. The molecule has 2 aromatic carbocycles. The van der Waals surface area contributed by atoms with Crippen molar-refractivity contribution in [2.45, 2.75) is 0 Å². The van der Waals surface area contributed by atoms with Gasteiger partial charge in [-0.3, -0.25) is 9.59 Å². The van der Waals surface area contributed by atoms with Crippen LogP contribution in [0.3, 0.4) is 0 Å². The Morgan fingerprint density at radius 3 is 2.44 bits per heavy atom. The highest BCUT2D eigenvalue weighted by Crippen LogP contribution is 2.03. The molecule has 0 spiro atoms. The van der Waals surface area contributed by atoms with Crippen molar-refractivity contribution in [3.8, 4) is 0 Å². The van der Waals surface area contributed by atoms with Gasteiger partial charge in [-0.1, -0.05) is 30.3 Å². The number of nitrogens with one attached hydrogen (secondary N) is 2. The number of carboxylic acid groups (broad SMARTS) is 1. The number of amides is 2. The summed E-state index contributed by atoms with van der Waals surface area (Å²) in [5, 5.41) is 16.6. The van der Waals surface area contributed by atoms with Crippen molar-refractivity contribution >= 4 is 24.0 Å². The highest BCUT2D eigenvalue weighted by Gasteiger charge is 2.08. The van der Waals surface area contributed by atoms with Crippen molar-refractivity contribution in [1.29, 1.82) is 0 Å². The van der Waals surface area contributed by atoms with Crippen LogP contribution in [0.5, 0.6) is 0 Å². The van der Waals surface area contributed by atoms with Crippen LogP contribution in [0.15, 0.2) is 53.6 Å². The van der Waals surface area contributed by atoms with Gasteiger partial charge in [-0.25, -0.2) is 9.82 Å². The number of aromatic carboxylic acids is 1. The second-order valence-electron chi connectivity index (χ2n) is 4.90. The SMILES string of the molecule is O=C(CNC(=O)c1cccc(F)c1)NN=Cc1ccc(C(=O)[O-])cc1. The van der Waals surface area contributed by atoms with Gasteiger partial charge in [-0.2, -0.15) is 5.10 Å². The van der Waals surface area contributed by atoms with E-state index in [1.165, 1.54) is 48.7 Å². The number of hydrazone groups is 1. The summed E-state index contributed by atoms with van der Waals surface area (Å²) in [7, 11) is 0. The van der Waals surface area contributed by atoms with Crippen LogP contribution in [0.25, 0.3) is 0 Å². The number of carbonyl (C=O) groups is 3. The fourth-order valence-electron chi connectivity index (χ4n) is 1.82. The van der Waals surface area contributed by atoms with E-state index < -0.39 is 23.6 Å². The van der Waals surface area contributed by atoms with E-state index in [9.17, 15) is 23.9 Å². The number of nitrogens with zero attached hydrogens (tertiary/aromatic N) is 1. The quantitative estimate of drug-likeness (QED) is 0.571. The highest BCUT2D eigenvalue weighted by atomic mass is 19.1. The lowest BCUT2D eigenvalue weighted by molar-refractivity contribution is -0.255. The van der Waals surface area contributed by atoms with Crippen molar-refractivity contribution < 1.29 is 23.9 Å². The van der Waals surface area contributed by atoms with Gasteiger partial charge in [0.2, 0.25) is 0 Å². The maximum Gasteiger partial charge on any atom is 0.259 e. The molecule has 0 saturated heterocycles. The van der Waals surface area contributed by atoms with Gasteiger partial charge in [-0.05, 0) is 29.3 Å². The second kappa shape index (κ2) is 8.34. The largest absolute Gasteiger partial charge is 0.545 e. The monoisotopic (exact) mass is 342 g/mol. The standard InChI is InChI=1S/C17H14FN3O4/c18-14-3-1-2-13(8-14)16(23)19-10-15(22)21-20-9-11-4-6-12(7-5-11)17(24)25/h1-9H,10H2,(H,19,23)(H,21,22)(H,24,25)/p-1. The summed E-state index contributed by atoms with van der Waals surface area (Å²) in [5.41, 5.74) is 2.89. The summed E-state index contributed by atoms with van der Waals surface area (Å²) in [5.74, 6) is -3.00. The molecule has 2 aromatic rings. The van der Waals surface area contributed by atoms with Gasteiger partial charge in [0, 0.05) is 5.56 Å². The minimum atomic E-state index is -1.29. The topological polar surface area (TPSA) is 111 Å². The molecule has 0 heterocycles. The zero-order chi connectivity index (χ0) is 18.2. The fraction of sp³-hybridized carbons (Fsp3) is 0.0588. The van der Waals surface area contributed by atoms with E-state index in [4.69, 9.17) is 0 Å². The van der Waals surface area contributed by atoms with E-state index in [2.05, 4.69) is 15.8 Å². The minimum absolute atomic E-state index is 0.0289. The molecule has 128 valence electrons. The summed E-state index contributed by atoms with van der Waals surface area (Å²) in [6.07, 6.45) is 1.31. The summed E-state index contributed by atoms with van der Waals surface area (Å²) >= 11 is 0. The molecule has 0 radical (unpaired) electrons. The predicted molar refractivity (Wildman–Crippen MR) is 85.2 cm³/mol. The summed E-state index contributed by atoms with van der Waals surface area (Å²) < 4.78 is 13.0. The lowest BCUT2D eigenvalue weighted by Crippen LogP contribution is -2.34. The van der Waals surface area contributed by atoms with Gasteiger partial charge >= 0.3 is 0 Å². The van der Waals surface area contributed by atoms with E-state index in [0.29, 0.717) is 5.56 Å². The Balaban J connectivity index is 1.80. The first-order chi connectivity index (χ1) is 12.0. The zero-order valence-corrected chi connectivity index (χ0v) is 12.9. The fourth-order valence-corrected chi connectivity index (χ4v) is 1.82. The van der Waals surface area contributed by atoms with Crippen LogP contribution in [0.4, 0.5) is 4.39 Å². The van der Waals surface area contributed by atoms with E-state index in [1.54, 1.807) is 0 Å². The van der Waals surface area contributed by atoms with Crippen LogP contribution in [-0.2, 0) is 4.79 Å². The minimum Gasteiger partial charge on any atom is -0.545 e. The molecule has 2 N–H and O–H groups in total. The van der Waals surface area contributed by atoms with Gasteiger partial charge in [0.25, 0.3) is 11.8 Å². The van der Waals surface area contributed by atoms with Crippen molar-refractivity contribution in [2.24, 2.45) is 5.10 Å².